The molecule has 2 aromatic carbocycles. The van der Waals surface area contributed by atoms with Crippen LogP contribution in [0.15, 0.2) is 85.2 Å². The summed E-state index contributed by atoms with van der Waals surface area (Å²) in [7, 11) is 0. The summed E-state index contributed by atoms with van der Waals surface area (Å²) in [5.41, 5.74) is -2.46. The van der Waals surface area contributed by atoms with Gasteiger partial charge in [-0.2, -0.15) is 26.3 Å². The second kappa shape index (κ2) is 10.8. The van der Waals surface area contributed by atoms with Crippen LogP contribution in [0.5, 0.6) is 0 Å². The monoisotopic (exact) mass is 587 g/mol. The Bertz CT molecular complexity index is 1700. The Kier molecular flexibility index (Phi) is 7.35. The molecule has 3 heterocycles. The number of hydrogen-bond donors (Lipinski definition) is 0. The molecular formula is C28H16ClF6N5O. The number of carbonyl (C=O) groups excluding carboxylic acids is 1. The van der Waals surface area contributed by atoms with Crippen LogP contribution in [0.1, 0.15) is 32.6 Å². The first-order valence-corrected chi connectivity index (χ1v) is 12.2. The molecule has 3 aromatic heterocycles. The summed E-state index contributed by atoms with van der Waals surface area (Å²) in [6.45, 7) is -0.521. The van der Waals surface area contributed by atoms with Crippen molar-refractivity contribution < 1.29 is 31.1 Å². The highest BCUT2D eigenvalue weighted by Crippen LogP contribution is 2.37. The highest BCUT2D eigenvalue weighted by molar-refractivity contribution is 6.35. The molecule has 0 fully saturated rings. The normalized spacial score (nSPS) is 12.0. The average molecular weight is 588 g/mol. The molecule has 0 spiro atoms. The van der Waals surface area contributed by atoms with E-state index < -0.39 is 35.8 Å². The van der Waals surface area contributed by atoms with Gasteiger partial charge in [-0.3, -0.25) is 14.8 Å². The number of hydrogen-bond acceptors (Lipinski definition) is 5. The molecule has 208 valence electrons. The zero-order valence-electron chi connectivity index (χ0n) is 20.6. The van der Waals surface area contributed by atoms with Crippen molar-refractivity contribution in [1.82, 2.24) is 25.0 Å². The molecule has 0 saturated heterocycles. The van der Waals surface area contributed by atoms with Crippen LogP contribution in [0.2, 0.25) is 5.02 Å². The molecule has 0 aliphatic rings. The third-order valence-corrected chi connectivity index (χ3v) is 6.35. The van der Waals surface area contributed by atoms with Gasteiger partial charge in [0.25, 0.3) is 0 Å². The molecule has 0 aliphatic heterocycles. The van der Waals surface area contributed by atoms with Crippen LogP contribution < -0.4 is 0 Å². The number of rotatable bonds is 6. The second-order valence-electron chi connectivity index (χ2n) is 8.78. The minimum Gasteiger partial charge on any atom is -0.288 e. The van der Waals surface area contributed by atoms with Crippen molar-refractivity contribution in [3.8, 4) is 22.8 Å². The van der Waals surface area contributed by atoms with Crippen molar-refractivity contribution in [2.75, 3.05) is 0 Å². The maximum absolute atomic E-state index is 13.5. The topological polar surface area (TPSA) is 73.6 Å². The predicted octanol–water partition coefficient (Wildman–Crippen LogP) is 7.37. The lowest BCUT2D eigenvalue weighted by Crippen LogP contribution is -2.13. The number of carbonyl (C=O) groups is 1. The average Bonchev–Trinajstić information content (AvgIpc) is 3.35. The highest BCUT2D eigenvalue weighted by atomic mass is 35.5. The van der Waals surface area contributed by atoms with Crippen molar-refractivity contribution in [2.45, 2.75) is 18.9 Å². The number of alkyl halides is 6. The van der Waals surface area contributed by atoms with E-state index in [4.69, 9.17) is 11.6 Å². The maximum atomic E-state index is 13.5. The van der Waals surface area contributed by atoms with E-state index in [1.54, 1.807) is 36.4 Å². The van der Waals surface area contributed by atoms with Crippen LogP contribution in [0.3, 0.4) is 0 Å². The molecular weight excluding hydrogens is 572 g/mol. The Morgan fingerprint density at radius 1 is 0.756 bits per heavy atom. The number of ketones is 1. The molecule has 5 rings (SSSR count). The van der Waals surface area contributed by atoms with E-state index in [2.05, 4.69) is 20.3 Å². The molecule has 0 radical (unpaired) electrons. The molecule has 13 heteroatoms. The Hall–Kier alpha value is -4.58. The quantitative estimate of drug-likeness (QED) is 0.153. The molecule has 6 nitrogen and oxygen atoms in total. The SMILES string of the molecule is O=C(c1ccccc1Cl)c1cccnc1-c1nnn(Cc2cc(C(F)(F)F)cc(C(F)(F)F)c2)c1-c1ccccn1. The first-order valence-electron chi connectivity index (χ1n) is 11.8. The number of aromatic nitrogens is 5. The van der Waals surface area contributed by atoms with E-state index in [0.717, 1.165) is 4.68 Å². The van der Waals surface area contributed by atoms with Gasteiger partial charge in [0.2, 0.25) is 0 Å². The first kappa shape index (κ1) is 28.0. The van der Waals surface area contributed by atoms with Crippen LogP contribution in [0.4, 0.5) is 26.3 Å². The lowest BCUT2D eigenvalue weighted by atomic mass is 9.99. The summed E-state index contributed by atoms with van der Waals surface area (Å²) < 4.78 is 81.9. The number of pyridine rings is 2. The molecule has 5 aromatic rings. The summed E-state index contributed by atoms with van der Waals surface area (Å²) >= 11 is 6.24. The van der Waals surface area contributed by atoms with Crippen molar-refractivity contribution in [2.24, 2.45) is 0 Å². The van der Waals surface area contributed by atoms with Crippen LogP contribution in [-0.2, 0) is 18.9 Å². The molecule has 0 saturated carbocycles. The van der Waals surface area contributed by atoms with Gasteiger partial charge in [-0.05, 0) is 60.2 Å². The maximum Gasteiger partial charge on any atom is 0.416 e. The van der Waals surface area contributed by atoms with E-state index in [0.29, 0.717) is 12.1 Å². The van der Waals surface area contributed by atoms with E-state index in [-0.39, 0.29) is 50.6 Å². The number of halogens is 7. The van der Waals surface area contributed by atoms with Crippen molar-refractivity contribution in [3.05, 3.63) is 118 Å². The Morgan fingerprint density at radius 3 is 2.02 bits per heavy atom. The summed E-state index contributed by atoms with van der Waals surface area (Å²) in [4.78, 5) is 22.1. The molecule has 41 heavy (non-hydrogen) atoms. The predicted molar refractivity (Wildman–Crippen MR) is 137 cm³/mol. The fourth-order valence-electron chi connectivity index (χ4n) is 4.19. The first-order chi connectivity index (χ1) is 19.4. The lowest BCUT2D eigenvalue weighted by molar-refractivity contribution is -0.143. The summed E-state index contributed by atoms with van der Waals surface area (Å²) in [5, 5.41) is 8.37. The van der Waals surface area contributed by atoms with Gasteiger partial charge in [0.05, 0.1) is 34.0 Å². The van der Waals surface area contributed by atoms with Gasteiger partial charge in [0.1, 0.15) is 17.1 Å². The lowest BCUT2D eigenvalue weighted by Gasteiger charge is -2.15. The van der Waals surface area contributed by atoms with Crippen LogP contribution in [0, 0.1) is 0 Å². The van der Waals surface area contributed by atoms with Gasteiger partial charge in [0, 0.05) is 18.0 Å². The Balaban J connectivity index is 1.67. The molecule has 0 unspecified atom stereocenters. The van der Waals surface area contributed by atoms with Crippen LogP contribution >= 0.6 is 11.6 Å². The summed E-state index contributed by atoms with van der Waals surface area (Å²) in [5.74, 6) is -0.479. The van der Waals surface area contributed by atoms with Crippen LogP contribution in [-0.4, -0.2) is 30.7 Å². The van der Waals surface area contributed by atoms with Gasteiger partial charge in [0.15, 0.2) is 5.78 Å². The minimum atomic E-state index is -5.02. The molecule has 0 aliphatic carbocycles. The molecule has 0 bridgehead atoms. The standard InChI is InChI=1S/C28H16ClF6N5O/c29-21-8-2-1-6-19(21)26(41)20-7-5-11-37-23(20)24-25(22-9-3-4-10-36-22)40(39-38-24)15-16-12-17(27(30,31)32)14-18(13-16)28(33,34)35/h1-14H,15H2. The van der Waals surface area contributed by atoms with Crippen molar-refractivity contribution in [1.29, 1.82) is 0 Å². The van der Waals surface area contributed by atoms with Gasteiger partial charge in [-0.15, -0.1) is 5.10 Å². The minimum absolute atomic E-state index is 0.0442. The van der Waals surface area contributed by atoms with Crippen molar-refractivity contribution in [3.63, 3.8) is 0 Å². The second-order valence-corrected chi connectivity index (χ2v) is 9.19. The zero-order chi connectivity index (χ0) is 29.4. The van der Waals surface area contributed by atoms with Gasteiger partial charge in [-0.1, -0.05) is 35.0 Å². The Labute approximate surface area is 233 Å². The zero-order valence-corrected chi connectivity index (χ0v) is 21.3. The van der Waals surface area contributed by atoms with Crippen LogP contribution in [0.25, 0.3) is 22.8 Å². The smallest absolute Gasteiger partial charge is 0.288 e. The van der Waals surface area contributed by atoms with Gasteiger partial charge < -0.3 is 0 Å². The summed E-state index contributed by atoms with van der Waals surface area (Å²) in [6.07, 6.45) is -7.19. The molecule has 0 amide bonds. The van der Waals surface area contributed by atoms with Crippen molar-refractivity contribution >= 4 is 17.4 Å². The summed E-state index contributed by atoms with van der Waals surface area (Å²) in [6, 6.07) is 15.5. The number of benzene rings is 2. The van der Waals surface area contributed by atoms with E-state index in [9.17, 15) is 31.1 Å². The third kappa shape index (κ3) is 5.82. The van der Waals surface area contributed by atoms with E-state index in [1.165, 1.54) is 30.6 Å². The van der Waals surface area contributed by atoms with Gasteiger partial charge in [-0.25, -0.2) is 4.68 Å². The third-order valence-electron chi connectivity index (χ3n) is 6.02. The fraction of sp³-hybridized carbons (Fsp3) is 0.107. The van der Waals surface area contributed by atoms with E-state index >= 15 is 0 Å². The molecule has 0 atom stereocenters. The van der Waals surface area contributed by atoms with E-state index in [1.807, 2.05) is 0 Å². The Morgan fingerprint density at radius 2 is 1.39 bits per heavy atom. The van der Waals surface area contributed by atoms with Gasteiger partial charge >= 0.3 is 12.4 Å². The number of nitrogens with zero attached hydrogens (tertiary/aromatic N) is 5. The largest absolute Gasteiger partial charge is 0.416 e. The highest BCUT2D eigenvalue weighted by Gasteiger charge is 2.37. The fourth-order valence-corrected chi connectivity index (χ4v) is 4.41. The molecule has 0 N–H and O–H groups in total.